The SMILES string of the molecule is O=C1CC(=Cc2cnn3c(NC4CC4)cc(Nc4ccc(OCCN5CCCC5)c(Cl)c4)nc23)C(=O)N1. The third-order valence-corrected chi connectivity index (χ3v) is 7.02. The molecule has 10 nitrogen and oxygen atoms in total. The van der Waals surface area contributed by atoms with Crippen LogP contribution in [-0.4, -0.2) is 63.6 Å². The van der Waals surface area contributed by atoms with E-state index in [2.05, 4.69) is 25.9 Å². The van der Waals surface area contributed by atoms with Crippen molar-refractivity contribution >= 4 is 52.5 Å². The number of rotatable bonds is 9. The number of hydrogen-bond acceptors (Lipinski definition) is 8. The number of likely N-dealkylation sites (tertiary alicyclic amines) is 1. The van der Waals surface area contributed by atoms with E-state index in [0.717, 1.165) is 44.0 Å². The Morgan fingerprint density at radius 3 is 2.76 bits per heavy atom. The molecule has 2 saturated heterocycles. The Morgan fingerprint density at radius 1 is 1.19 bits per heavy atom. The molecule has 1 aliphatic carbocycles. The lowest BCUT2D eigenvalue weighted by molar-refractivity contribution is -0.124. The Labute approximate surface area is 219 Å². The highest BCUT2D eigenvalue weighted by Crippen LogP contribution is 2.31. The van der Waals surface area contributed by atoms with E-state index in [4.69, 9.17) is 21.3 Å². The first-order valence-corrected chi connectivity index (χ1v) is 13.0. The Kier molecular flexibility index (Phi) is 6.43. The van der Waals surface area contributed by atoms with Crippen LogP contribution in [-0.2, 0) is 9.59 Å². The lowest BCUT2D eigenvalue weighted by Crippen LogP contribution is -2.25. The summed E-state index contributed by atoms with van der Waals surface area (Å²) >= 11 is 6.52. The van der Waals surface area contributed by atoms with Gasteiger partial charge in [0.05, 0.1) is 17.6 Å². The normalized spacial score (nSPS) is 19.1. The maximum Gasteiger partial charge on any atom is 0.254 e. The van der Waals surface area contributed by atoms with Crippen molar-refractivity contribution in [3.05, 3.63) is 46.6 Å². The number of hydrogen-bond donors (Lipinski definition) is 3. The zero-order valence-corrected chi connectivity index (χ0v) is 21.1. The van der Waals surface area contributed by atoms with Crippen LogP contribution in [0.25, 0.3) is 11.7 Å². The molecule has 0 unspecified atom stereocenters. The van der Waals surface area contributed by atoms with Gasteiger partial charge in [-0.25, -0.2) is 4.98 Å². The molecule has 0 atom stereocenters. The van der Waals surface area contributed by atoms with E-state index in [-0.39, 0.29) is 18.2 Å². The number of nitrogens with one attached hydrogen (secondary N) is 3. The molecule has 1 aromatic carbocycles. The van der Waals surface area contributed by atoms with Crippen molar-refractivity contribution in [3.63, 3.8) is 0 Å². The molecule has 192 valence electrons. The fourth-order valence-corrected chi connectivity index (χ4v) is 4.86. The van der Waals surface area contributed by atoms with E-state index in [0.29, 0.717) is 46.0 Å². The number of anilines is 3. The van der Waals surface area contributed by atoms with Crippen molar-refractivity contribution in [2.75, 3.05) is 36.9 Å². The topological polar surface area (TPSA) is 113 Å². The van der Waals surface area contributed by atoms with Crippen molar-refractivity contribution in [1.29, 1.82) is 0 Å². The molecule has 0 radical (unpaired) electrons. The number of halogens is 1. The van der Waals surface area contributed by atoms with Crippen LogP contribution >= 0.6 is 11.6 Å². The summed E-state index contributed by atoms with van der Waals surface area (Å²) < 4.78 is 7.63. The Morgan fingerprint density at radius 2 is 2.03 bits per heavy atom. The summed E-state index contributed by atoms with van der Waals surface area (Å²) in [6.45, 7) is 3.77. The number of carbonyl (C=O) groups excluding carboxylic acids is 2. The Balaban J connectivity index is 1.23. The molecule has 2 aromatic heterocycles. The van der Waals surface area contributed by atoms with Gasteiger partial charge in [0.15, 0.2) is 5.65 Å². The van der Waals surface area contributed by atoms with Crippen LogP contribution in [0.5, 0.6) is 5.75 Å². The molecular formula is C26H28ClN7O3. The lowest BCUT2D eigenvalue weighted by atomic mass is 10.1. The van der Waals surface area contributed by atoms with E-state index in [1.807, 2.05) is 24.3 Å². The van der Waals surface area contributed by atoms with Gasteiger partial charge in [0.1, 0.15) is 24.0 Å². The summed E-state index contributed by atoms with van der Waals surface area (Å²) in [6.07, 6.45) is 8.08. The third-order valence-electron chi connectivity index (χ3n) is 6.72. The van der Waals surface area contributed by atoms with Crippen LogP contribution in [0, 0.1) is 0 Å². The van der Waals surface area contributed by atoms with Gasteiger partial charge in [-0.15, -0.1) is 0 Å². The zero-order chi connectivity index (χ0) is 25.4. The van der Waals surface area contributed by atoms with Crippen molar-refractivity contribution in [1.82, 2.24) is 24.8 Å². The molecule has 3 aliphatic rings. The van der Waals surface area contributed by atoms with Crippen molar-refractivity contribution in [3.8, 4) is 5.75 Å². The molecule has 0 bridgehead atoms. The van der Waals surface area contributed by atoms with Crippen LogP contribution in [0.1, 0.15) is 37.7 Å². The number of ether oxygens (including phenoxy) is 1. The summed E-state index contributed by atoms with van der Waals surface area (Å²) in [6, 6.07) is 7.88. The number of aromatic nitrogens is 3. The van der Waals surface area contributed by atoms with Gasteiger partial charge in [-0.2, -0.15) is 9.61 Å². The number of amides is 2. The average molecular weight is 522 g/mol. The zero-order valence-electron chi connectivity index (χ0n) is 20.3. The molecule has 3 fully saturated rings. The number of benzene rings is 1. The lowest BCUT2D eigenvalue weighted by Gasteiger charge is -2.16. The minimum Gasteiger partial charge on any atom is -0.491 e. The van der Waals surface area contributed by atoms with Crippen LogP contribution < -0.4 is 20.7 Å². The fraction of sp³-hybridized carbons (Fsp3) is 0.385. The number of fused-ring (bicyclic) bond motifs is 1. The molecule has 3 N–H and O–H groups in total. The Hall–Kier alpha value is -3.63. The summed E-state index contributed by atoms with van der Waals surface area (Å²) in [7, 11) is 0. The quantitative estimate of drug-likeness (QED) is 0.289. The third kappa shape index (κ3) is 5.40. The van der Waals surface area contributed by atoms with Crippen molar-refractivity contribution in [2.45, 2.75) is 38.1 Å². The largest absolute Gasteiger partial charge is 0.491 e. The summed E-state index contributed by atoms with van der Waals surface area (Å²) in [5.41, 5.74) is 2.39. The van der Waals surface area contributed by atoms with Gasteiger partial charge in [-0.3, -0.25) is 19.8 Å². The van der Waals surface area contributed by atoms with Crippen molar-refractivity contribution < 1.29 is 14.3 Å². The maximum absolute atomic E-state index is 12.1. The molecule has 6 rings (SSSR count). The van der Waals surface area contributed by atoms with Gasteiger partial charge >= 0.3 is 0 Å². The molecule has 0 spiro atoms. The fourth-order valence-electron chi connectivity index (χ4n) is 4.63. The summed E-state index contributed by atoms with van der Waals surface area (Å²) in [5, 5.41) is 14.1. The minimum absolute atomic E-state index is 0.0479. The molecule has 1 saturated carbocycles. The van der Waals surface area contributed by atoms with Gasteiger partial charge in [0.25, 0.3) is 5.91 Å². The average Bonchev–Trinajstić information content (AvgIpc) is 3.22. The van der Waals surface area contributed by atoms with E-state index >= 15 is 0 Å². The van der Waals surface area contributed by atoms with Crippen LogP contribution in [0.15, 0.2) is 36.0 Å². The first-order chi connectivity index (χ1) is 18.0. The molecule has 11 heteroatoms. The van der Waals surface area contributed by atoms with Gasteiger partial charge < -0.3 is 15.4 Å². The molecule has 37 heavy (non-hydrogen) atoms. The highest BCUT2D eigenvalue weighted by atomic mass is 35.5. The van der Waals surface area contributed by atoms with Gasteiger partial charge in [0, 0.05) is 35.5 Å². The number of nitrogens with zero attached hydrogens (tertiary/aromatic N) is 4. The molecular weight excluding hydrogens is 494 g/mol. The molecule has 3 aromatic rings. The standard InChI is InChI=1S/C26H28ClN7O3/c27-20-13-19(5-6-21(20)37-10-9-33-7-1-2-8-33)29-22-14-23(30-18-3-4-18)34-25(31-22)17(15-28-34)11-16-12-24(35)32-26(16)36/h5-6,11,13-15,18,30H,1-4,7-10,12H2,(H,29,31)(H,32,35,36). The molecule has 2 amide bonds. The van der Waals surface area contributed by atoms with E-state index in [1.54, 1.807) is 16.8 Å². The minimum atomic E-state index is -0.382. The monoisotopic (exact) mass is 521 g/mol. The van der Waals surface area contributed by atoms with E-state index in [9.17, 15) is 9.59 Å². The first-order valence-electron chi connectivity index (χ1n) is 12.6. The maximum atomic E-state index is 12.1. The summed E-state index contributed by atoms with van der Waals surface area (Å²) in [5.74, 6) is 1.35. The second-order valence-corrected chi connectivity index (χ2v) is 10.1. The number of imide groups is 1. The Bertz CT molecular complexity index is 1390. The van der Waals surface area contributed by atoms with E-state index < -0.39 is 0 Å². The summed E-state index contributed by atoms with van der Waals surface area (Å²) in [4.78, 5) is 30.8. The highest BCUT2D eigenvalue weighted by Gasteiger charge is 2.26. The van der Waals surface area contributed by atoms with Crippen LogP contribution in [0.2, 0.25) is 5.02 Å². The predicted molar refractivity (Wildman–Crippen MR) is 141 cm³/mol. The van der Waals surface area contributed by atoms with Crippen LogP contribution in [0.3, 0.4) is 0 Å². The number of carbonyl (C=O) groups is 2. The van der Waals surface area contributed by atoms with Crippen LogP contribution in [0.4, 0.5) is 17.3 Å². The predicted octanol–water partition coefficient (Wildman–Crippen LogP) is 3.61. The first kappa shape index (κ1) is 23.7. The van der Waals surface area contributed by atoms with Crippen molar-refractivity contribution in [2.24, 2.45) is 0 Å². The highest BCUT2D eigenvalue weighted by molar-refractivity contribution is 6.32. The van der Waals surface area contributed by atoms with Gasteiger partial charge in [-0.1, -0.05) is 11.6 Å². The van der Waals surface area contributed by atoms with Gasteiger partial charge in [-0.05, 0) is 63.0 Å². The second-order valence-electron chi connectivity index (χ2n) is 9.67. The molecule has 4 heterocycles. The van der Waals surface area contributed by atoms with Gasteiger partial charge in [0.2, 0.25) is 5.91 Å². The smallest absolute Gasteiger partial charge is 0.254 e. The molecule has 2 aliphatic heterocycles. The van der Waals surface area contributed by atoms with E-state index in [1.165, 1.54) is 12.8 Å². The second kappa shape index (κ2) is 10.0.